The molecule has 4 nitrogen and oxygen atoms in total. The van der Waals surface area contributed by atoms with E-state index in [4.69, 9.17) is 0 Å². The van der Waals surface area contributed by atoms with Crippen molar-refractivity contribution in [3.63, 3.8) is 0 Å². The Balaban J connectivity index is 2.01. The van der Waals surface area contributed by atoms with Crippen LogP contribution >= 0.6 is 0 Å². The lowest BCUT2D eigenvalue weighted by atomic mass is 10.2. The second-order valence-electron chi connectivity index (χ2n) is 3.99. The second-order valence-corrected chi connectivity index (χ2v) is 3.99. The van der Waals surface area contributed by atoms with Crippen molar-refractivity contribution in [2.75, 3.05) is 0 Å². The number of H-pyrrole nitrogens is 1. The van der Waals surface area contributed by atoms with E-state index in [2.05, 4.69) is 20.2 Å². The normalized spacial score (nSPS) is 15.5. The molecule has 2 aromatic rings. The third kappa shape index (κ3) is 1.52. The maximum absolute atomic E-state index is 4.47. The van der Waals surface area contributed by atoms with Crippen molar-refractivity contribution in [2.45, 2.75) is 25.7 Å². The van der Waals surface area contributed by atoms with Crippen molar-refractivity contribution in [2.24, 2.45) is 0 Å². The Morgan fingerprint density at radius 1 is 1.40 bits per heavy atom. The topological polar surface area (TPSA) is 54.5 Å². The van der Waals surface area contributed by atoms with Crippen molar-refractivity contribution in [3.8, 4) is 11.5 Å². The van der Waals surface area contributed by atoms with E-state index >= 15 is 0 Å². The average molecular weight is 200 g/mol. The summed E-state index contributed by atoms with van der Waals surface area (Å²) in [5, 5.41) is 7.20. The molecule has 0 unspecified atom stereocenters. The molecule has 0 atom stereocenters. The van der Waals surface area contributed by atoms with Gasteiger partial charge in [0, 0.05) is 12.1 Å². The fourth-order valence-corrected chi connectivity index (χ4v) is 1.64. The van der Waals surface area contributed by atoms with E-state index in [-0.39, 0.29) is 0 Å². The summed E-state index contributed by atoms with van der Waals surface area (Å²) >= 11 is 0. The van der Waals surface area contributed by atoms with Gasteiger partial charge in [-0.15, -0.1) is 0 Å². The van der Waals surface area contributed by atoms with E-state index in [9.17, 15) is 0 Å². The van der Waals surface area contributed by atoms with E-state index in [1.807, 2.05) is 19.1 Å². The zero-order valence-corrected chi connectivity index (χ0v) is 8.57. The van der Waals surface area contributed by atoms with Crippen LogP contribution in [0, 0.1) is 6.92 Å². The first-order chi connectivity index (χ1) is 7.34. The fourth-order valence-electron chi connectivity index (χ4n) is 1.64. The lowest BCUT2D eigenvalue weighted by molar-refractivity contribution is 0.934. The molecule has 0 saturated heterocycles. The predicted molar refractivity (Wildman–Crippen MR) is 56.3 cm³/mol. The van der Waals surface area contributed by atoms with Gasteiger partial charge in [0.15, 0.2) is 5.82 Å². The van der Waals surface area contributed by atoms with Crippen molar-refractivity contribution < 1.29 is 0 Å². The summed E-state index contributed by atoms with van der Waals surface area (Å²) in [4.78, 5) is 8.77. The van der Waals surface area contributed by atoms with Crippen molar-refractivity contribution in [1.82, 2.24) is 20.2 Å². The Morgan fingerprint density at radius 2 is 2.27 bits per heavy atom. The molecule has 0 radical (unpaired) electrons. The Labute approximate surface area is 87.8 Å². The molecule has 1 fully saturated rings. The highest BCUT2D eigenvalue weighted by Gasteiger charge is 2.27. The minimum Gasteiger partial charge on any atom is -0.262 e. The van der Waals surface area contributed by atoms with Gasteiger partial charge >= 0.3 is 0 Å². The molecule has 2 aromatic heterocycles. The zero-order valence-electron chi connectivity index (χ0n) is 8.57. The molecular formula is C11H12N4. The first-order valence-corrected chi connectivity index (χ1v) is 5.19. The van der Waals surface area contributed by atoms with Gasteiger partial charge in [-0.1, -0.05) is 6.07 Å². The summed E-state index contributed by atoms with van der Waals surface area (Å²) < 4.78 is 0. The molecule has 76 valence electrons. The maximum Gasteiger partial charge on any atom is 0.200 e. The third-order valence-electron chi connectivity index (χ3n) is 2.69. The van der Waals surface area contributed by atoms with E-state index in [1.54, 1.807) is 6.20 Å². The number of nitrogens with zero attached hydrogens (tertiary/aromatic N) is 3. The van der Waals surface area contributed by atoms with Gasteiger partial charge in [-0.05, 0) is 31.4 Å². The molecule has 2 heterocycles. The van der Waals surface area contributed by atoms with E-state index < -0.39 is 0 Å². The summed E-state index contributed by atoms with van der Waals surface area (Å²) in [5.74, 6) is 2.33. The Morgan fingerprint density at radius 3 is 3.00 bits per heavy atom. The summed E-state index contributed by atoms with van der Waals surface area (Å²) in [6, 6.07) is 3.95. The number of hydrogen-bond acceptors (Lipinski definition) is 3. The number of hydrogen-bond donors (Lipinski definition) is 1. The van der Waals surface area contributed by atoms with Crippen LogP contribution < -0.4 is 0 Å². The third-order valence-corrected chi connectivity index (χ3v) is 2.69. The van der Waals surface area contributed by atoms with Gasteiger partial charge in [0.1, 0.15) is 11.5 Å². The maximum atomic E-state index is 4.47. The number of rotatable bonds is 2. The highest BCUT2D eigenvalue weighted by molar-refractivity contribution is 5.53. The van der Waals surface area contributed by atoms with Gasteiger partial charge in [0.25, 0.3) is 0 Å². The number of aryl methyl sites for hydroxylation is 1. The first-order valence-electron chi connectivity index (χ1n) is 5.19. The van der Waals surface area contributed by atoms with Crippen molar-refractivity contribution in [1.29, 1.82) is 0 Å². The average Bonchev–Trinajstić information content (AvgIpc) is 2.99. The molecule has 4 heteroatoms. The van der Waals surface area contributed by atoms with Gasteiger partial charge in [-0.3, -0.25) is 10.1 Å². The largest absolute Gasteiger partial charge is 0.262 e. The van der Waals surface area contributed by atoms with Crippen molar-refractivity contribution in [3.05, 3.63) is 29.7 Å². The Bertz CT molecular complexity index is 485. The minimum atomic E-state index is 0.607. The van der Waals surface area contributed by atoms with Gasteiger partial charge in [-0.25, -0.2) is 4.98 Å². The molecule has 1 N–H and O–H groups in total. The summed E-state index contributed by atoms with van der Waals surface area (Å²) in [7, 11) is 0. The molecule has 1 aliphatic rings. The molecule has 0 aromatic carbocycles. The van der Waals surface area contributed by atoms with Gasteiger partial charge in [-0.2, -0.15) is 5.10 Å². The van der Waals surface area contributed by atoms with Crippen LogP contribution in [0.2, 0.25) is 0 Å². The summed E-state index contributed by atoms with van der Waals surface area (Å²) in [6.07, 6.45) is 4.24. The highest BCUT2D eigenvalue weighted by atomic mass is 15.2. The summed E-state index contributed by atoms with van der Waals surface area (Å²) in [6.45, 7) is 2.02. The number of nitrogens with one attached hydrogen (secondary N) is 1. The van der Waals surface area contributed by atoms with Crippen LogP contribution in [0.1, 0.15) is 30.1 Å². The lowest BCUT2D eigenvalue weighted by Crippen LogP contribution is -1.89. The molecule has 3 rings (SSSR count). The quantitative estimate of drug-likeness (QED) is 0.807. The highest BCUT2D eigenvalue weighted by Crippen LogP contribution is 2.38. The lowest BCUT2D eigenvalue weighted by Gasteiger charge is -1.97. The SMILES string of the molecule is Cc1cccnc1-c1n[nH]c(C2CC2)n1. The molecule has 1 aliphatic carbocycles. The van der Waals surface area contributed by atoms with Crippen LogP contribution in [-0.4, -0.2) is 20.2 Å². The number of pyridine rings is 1. The first kappa shape index (κ1) is 8.59. The minimum absolute atomic E-state index is 0.607. The van der Waals surface area contributed by atoms with Crippen LogP contribution in [0.3, 0.4) is 0 Å². The molecule has 1 saturated carbocycles. The zero-order chi connectivity index (χ0) is 10.3. The number of aromatic amines is 1. The van der Waals surface area contributed by atoms with E-state index in [1.165, 1.54) is 12.8 Å². The van der Waals surface area contributed by atoms with Crippen LogP contribution in [0.25, 0.3) is 11.5 Å². The fraction of sp³-hybridized carbons (Fsp3) is 0.364. The number of aromatic nitrogens is 4. The van der Waals surface area contributed by atoms with E-state index in [0.717, 1.165) is 22.9 Å². The van der Waals surface area contributed by atoms with Crippen LogP contribution in [0.4, 0.5) is 0 Å². The van der Waals surface area contributed by atoms with Gasteiger partial charge in [0.2, 0.25) is 0 Å². The standard InChI is InChI=1S/C11H12N4/c1-7-3-2-6-12-9(7)11-13-10(14-15-11)8-4-5-8/h2-3,6,8H,4-5H2,1H3,(H,13,14,15). The molecular weight excluding hydrogens is 188 g/mol. The molecule has 0 bridgehead atoms. The second kappa shape index (κ2) is 3.15. The van der Waals surface area contributed by atoms with Gasteiger partial charge in [0.05, 0.1) is 0 Å². The molecule has 0 amide bonds. The molecule has 0 spiro atoms. The summed E-state index contributed by atoms with van der Waals surface area (Å²) in [5.41, 5.74) is 1.99. The Hall–Kier alpha value is -1.71. The van der Waals surface area contributed by atoms with Crippen LogP contribution in [0.15, 0.2) is 18.3 Å². The smallest absolute Gasteiger partial charge is 0.200 e. The van der Waals surface area contributed by atoms with Crippen molar-refractivity contribution >= 4 is 0 Å². The van der Waals surface area contributed by atoms with Gasteiger partial charge < -0.3 is 0 Å². The van der Waals surface area contributed by atoms with Crippen LogP contribution in [0.5, 0.6) is 0 Å². The van der Waals surface area contributed by atoms with E-state index in [0.29, 0.717) is 5.92 Å². The monoisotopic (exact) mass is 200 g/mol. The molecule has 0 aliphatic heterocycles. The molecule has 15 heavy (non-hydrogen) atoms. The predicted octanol–water partition coefficient (Wildman–Crippen LogP) is 2.05. The Kier molecular flexibility index (Phi) is 1.80. The van der Waals surface area contributed by atoms with Crippen LogP contribution in [-0.2, 0) is 0 Å².